The molecule has 0 bridgehead atoms. The number of hydrogen-bond acceptors (Lipinski definition) is 2. The molecule has 2 nitrogen and oxygen atoms in total. The Hall–Kier alpha value is -0.0800. The number of nitrogens with zero attached hydrogens (tertiary/aromatic N) is 1. The Morgan fingerprint density at radius 2 is 1.72 bits per heavy atom. The maximum absolute atomic E-state index is 3.48. The second kappa shape index (κ2) is 8.16. The highest BCUT2D eigenvalue weighted by molar-refractivity contribution is 4.89. The molecule has 0 spiro atoms. The molecular formula is C16H34N2. The summed E-state index contributed by atoms with van der Waals surface area (Å²) in [5, 5.41) is 3.48. The average molecular weight is 254 g/mol. The van der Waals surface area contributed by atoms with Crippen LogP contribution in [0.4, 0.5) is 0 Å². The number of nitrogens with one attached hydrogen (secondary N) is 1. The first-order chi connectivity index (χ1) is 8.61. The normalized spacial score (nSPS) is 22.0. The van der Waals surface area contributed by atoms with E-state index in [9.17, 15) is 0 Å². The van der Waals surface area contributed by atoms with E-state index in [0.29, 0.717) is 5.54 Å². The molecule has 0 aromatic carbocycles. The lowest BCUT2D eigenvalue weighted by atomic mass is 9.89. The monoisotopic (exact) mass is 254 g/mol. The minimum atomic E-state index is 0.386. The van der Waals surface area contributed by atoms with Gasteiger partial charge in [-0.2, -0.15) is 0 Å². The molecule has 0 saturated carbocycles. The molecule has 18 heavy (non-hydrogen) atoms. The van der Waals surface area contributed by atoms with Crippen LogP contribution in [0, 0.1) is 0 Å². The fraction of sp³-hybridized carbons (Fsp3) is 1.00. The van der Waals surface area contributed by atoms with Crippen LogP contribution in [0.5, 0.6) is 0 Å². The summed E-state index contributed by atoms with van der Waals surface area (Å²) < 4.78 is 0. The van der Waals surface area contributed by atoms with Gasteiger partial charge in [-0.15, -0.1) is 0 Å². The van der Waals surface area contributed by atoms with Gasteiger partial charge in [-0.25, -0.2) is 0 Å². The zero-order valence-corrected chi connectivity index (χ0v) is 13.1. The highest BCUT2D eigenvalue weighted by atomic mass is 15.2. The second-order valence-corrected chi connectivity index (χ2v) is 6.40. The molecule has 0 aliphatic carbocycles. The molecule has 0 aromatic rings. The van der Waals surface area contributed by atoms with Crippen LogP contribution < -0.4 is 5.32 Å². The third-order valence-electron chi connectivity index (χ3n) is 4.85. The Kier molecular flexibility index (Phi) is 7.25. The maximum atomic E-state index is 3.48. The third kappa shape index (κ3) is 5.27. The lowest BCUT2D eigenvalue weighted by Gasteiger charge is -2.42. The quantitative estimate of drug-likeness (QED) is 0.663. The van der Waals surface area contributed by atoms with E-state index in [2.05, 4.69) is 38.0 Å². The molecule has 0 aromatic heterocycles. The summed E-state index contributed by atoms with van der Waals surface area (Å²) in [6.07, 6.45) is 11.0. The van der Waals surface area contributed by atoms with Gasteiger partial charge in [-0.05, 0) is 40.2 Å². The van der Waals surface area contributed by atoms with Crippen LogP contribution in [0.3, 0.4) is 0 Å². The van der Waals surface area contributed by atoms with Crippen LogP contribution in [0.25, 0.3) is 0 Å². The number of likely N-dealkylation sites (tertiary alicyclic amines) is 1. The van der Waals surface area contributed by atoms with Gasteiger partial charge in [-0.1, -0.05) is 39.0 Å². The van der Waals surface area contributed by atoms with Crippen LogP contribution in [-0.2, 0) is 0 Å². The minimum Gasteiger partial charge on any atom is -0.314 e. The minimum absolute atomic E-state index is 0.386. The average Bonchev–Trinajstić information content (AvgIpc) is 2.39. The van der Waals surface area contributed by atoms with Crippen LogP contribution in [-0.4, -0.2) is 36.6 Å². The van der Waals surface area contributed by atoms with Crippen molar-refractivity contribution in [2.45, 2.75) is 83.7 Å². The molecule has 1 N–H and O–H groups in total. The summed E-state index contributed by atoms with van der Waals surface area (Å²) in [7, 11) is 2.10. The van der Waals surface area contributed by atoms with Gasteiger partial charge in [0.2, 0.25) is 0 Å². The molecule has 2 heteroatoms. The largest absolute Gasteiger partial charge is 0.314 e. The molecule has 0 radical (unpaired) electrons. The molecule has 1 saturated heterocycles. The predicted octanol–water partition coefficient (Wildman–Crippen LogP) is 3.81. The summed E-state index contributed by atoms with van der Waals surface area (Å²) in [5.41, 5.74) is 0.386. The van der Waals surface area contributed by atoms with E-state index in [1.807, 2.05) is 0 Å². The van der Waals surface area contributed by atoms with Crippen LogP contribution in [0.1, 0.15) is 72.1 Å². The molecule has 1 fully saturated rings. The van der Waals surface area contributed by atoms with Crippen molar-refractivity contribution < 1.29 is 0 Å². The van der Waals surface area contributed by atoms with Gasteiger partial charge < -0.3 is 10.2 Å². The SMILES string of the molecule is CCCCCCCC(C)N1CCC(C)(NC)CC1. The maximum Gasteiger partial charge on any atom is 0.0174 e. The Bertz CT molecular complexity index is 207. The molecule has 108 valence electrons. The highest BCUT2D eigenvalue weighted by Gasteiger charge is 2.29. The summed E-state index contributed by atoms with van der Waals surface area (Å²) in [6.45, 7) is 9.61. The van der Waals surface area contributed by atoms with E-state index in [4.69, 9.17) is 0 Å². The van der Waals surface area contributed by atoms with Crippen molar-refractivity contribution in [2.75, 3.05) is 20.1 Å². The first-order valence-electron chi connectivity index (χ1n) is 8.04. The van der Waals surface area contributed by atoms with Crippen LogP contribution in [0.2, 0.25) is 0 Å². The molecule has 1 unspecified atom stereocenters. The number of rotatable bonds is 8. The topological polar surface area (TPSA) is 15.3 Å². The van der Waals surface area contributed by atoms with Gasteiger partial charge in [0.25, 0.3) is 0 Å². The molecule has 1 atom stereocenters. The van der Waals surface area contributed by atoms with Gasteiger partial charge in [0.15, 0.2) is 0 Å². The smallest absolute Gasteiger partial charge is 0.0174 e. The lowest BCUT2D eigenvalue weighted by Crippen LogP contribution is -2.51. The number of unbranched alkanes of at least 4 members (excludes halogenated alkanes) is 4. The second-order valence-electron chi connectivity index (χ2n) is 6.40. The number of hydrogen-bond donors (Lipinski definition) is 1. The van der Waals surface area contributed by atoms with Crippen molar-refractivity contribution in [1.29, 1.82) is 0 Å². The van der Waals surface area contributed by atoms with Gasteiger partial charge in [0.1, 0.15) is 0 Å². The van der Waals surface area contributed by atoms with Crippen molar-refractivity contribution in [1.82, 2.24) is 10.2 Å². The van der Waals surface area contributed by atoms with Crippen LogP contribution in [0.15, 0.2) is 0 Å². The molecule has 1 aliphatic rings. The fourth-order valence-electron chi connectivity index (χ4n) is 2.93. The fourth-order valence-corrected chi connectivity index (χ4v) is 2.93. The Morgan fingerprint density at radius 3 is 2.28 bits per heavy atom. The van der Waals surface area contributed by atoms with Crippen molar-refractivity contribution in [3.05, 3.63) is 0 Å². The van der Waals surface area contributed by atoms with Crippen molar-refractivity contribution >= 4 is 0 Å². The van der Waals surface area contributed by atoms with E-state index in [0.717, 1.165) is 6.04 Å². The zero-order valence-electron chi connectivity index (χ0n) is 13.1. The van der Waals surface area contributed by atoms with Gasteiger partial charge >= 0.3 is 0 Å². The molecule has 0 amide bonds. The number of piperidine rings is 1. The standard InChI is InChI=1S/C16H34N2/c1-5-6-7-8-9-10-15(2)18-13-11-16(3,17-4)12-14-18/h15,17H,5-14H2,1-4H3. The summed E-state index contributed by atoms with van der Waals surface area (Å²) in [5.74, 6) is 0. The van der Waals surface area contributed by atoms with E-state index in [1.54, 1.807) is 0 Å². The van der Waals surface area contributed by atoms with Crippen molar-refractivity contribution in [3.8, 4) is 0 Å². The van der Waals surface area contributed by atoms with E-state index < -0.39 is 0 Å². The highest BCUT2D eigenvalue weighted by Crippen LogP contribution is 2.23. The zero-order chi connectivity index (χ0) is 13.4. The van der Waals surface area contributed by atoms with Gasteiger partial charge in [0.05, 0.1) is 0 Å². The summed E-state index contributed by atoms with van der Waals surface area (Å²) >= 11 is 0. The van der Waals surface area contributed by atoms with E-state index in [1.165, 1.54) is 64.5 Å². The van der Waals surface area contributed by atoms with Crippen molar-refractivity contribution in [2.24, 2.45) is 0 Å². The predicted molar refractivity (Wildman–Crippen MR) is 81.1 cm³/mol. The van der Waals surface area contributed by atoms with E-state index in [-0.39, 0.29) is 0 Å². The lowest BCUT2D eigenvalue weighted by molar-refractivity contribution is 0.111. The first-order valence-corrected chi connectivity index (χ1v) is 8.04. The first kappa shape index (κ1) is 16.0. The van der Waals surface area contributed by atoms with Crippen LogP contribution >= 0.6 is 0 Å². The van der Waals surface area contributed by atoms with E-state index >= 15 is 0 Å². The molecule has 1 heterocycles. The Morgan fingerprint density at radius 1 is 1.11 bits per heavy atom. The Labute approximate surface area is 115 Å². The van der Waals surface area contributed by atoms with Gasteiger partial charge in [0, 0.05) is 24.7 Å². The van der Waals surface area contributed by atoms with Crippen molar-refractivity contribution in [3.63, 3.8) is 0 Å². The molecule has 1 rings (SSSR count). The molecule has 1 aliphatic heterocycles. The molecular weight excluding hydrogens is 220 g/mol. The summed E-state index contributed by atoms with van der Waals surface area (Å²) in [6, 6.07) is 0.785. The summed E-state index contributed by atoms with van der Waals surface area (Å²) in [4.78, 5) is 2.69. The Balaban J connectivity index is 2.14. The van der Waals surface area contributed by atoms with Gasteiger partial charge in [-0.3, -0.25) is 0 Å². The third-order valence-corrected chi connectivity index (χ3v) is 4.85.